The van der Waals surface area contributed by atoms with E-state index >= 15 is 0 Å². The predicted octanol–water partition coefficient (Wildman–Crippen LogP) is 3.21. The first-order chi connectivity index (χ1) is 9.17. The number of alkyl halides is 1. The van der Waals surface area contributed by atoms with Crippen molar-refractivity contribution in [2.75, 3.05) is 0 Å². The van der Waals surface area contributed by atoms with Crippen LogP contribution in [0.1, 0.15) is 11.4 Å². The molecule has 2 heterocycles. The summed E-state index contributed by atoms with van der Waals surface area (Å²) in [6.07, 6.45) is 3.82. The lowest BCUT2D eigenvalue weighted by Crippen LogP contribution is -2.03. The molecule has 0 unspecified atom stereocenters. The molecule has 0 spiro atoms. The summed E-state index contributed by atoms with van der Waals surface area (Å²) in [7, 11) is 1.90. The first-order valence-corrected chi connectivity index (χ1v) is 6.77. The van der Waals surface area contributed by atoms with Crippen molar-refractivity contribution in [3.63, 3.8) is 0 Å². The number of hydrogen-bond acceptors (Lipinski definition) is 2. The van der Waals surface area contributed by atoms with Gasteiger partial charge in [-0.15, -0.1) is 11.6 Å². The highest BCUT2D eigenvalue weighted by Gasteiger charge is 2.11. The zero-order valence-corrected chi connectivity index (χ0v) is 11.9. The molecule has 4 nitrogen and oxygen atoms in total. The molecule has 0 bridgehead atoms. The van der Waals surface area contributed by atoms with Crippen LogP contribution in [-0.4, -0.2) is 19.3 Å². The average Bonchev–Trinajstić information content (AvgIpc) is 2.94. The number of rotatable bonds is 3. The molecule has 3 aromatic rings. The normalized spacial score (nSPS) is 11.3. The van der Waals surface area contributed by atoms with Crippen molar-refractivity contribution in [3.05, 3.63) is 47.0 Å². The van der Waals surface area contributed by atoms with Crippen LogP contribution in [0.2, 0.25) is 5.02 Å². The second-order valence-corrected chi connectivity index (χ2v) is 5.11. The minimum absolute atomic E-state index is 0.368. The second kappa shape index (κ2) is 4.87. The van der Waals surface area contributed by atoms with Crippen LogP contribution in [0.5, 0.6) is 0 Å². The molecule has 0 radical (unpaired) electrons. The molecule has 6 heteroatoms. The molecule has 0 aliphatic heterocycles. The van der Waals surface area contributed by atoms with E-state index in [1.807, 2.05) is 37.6 Å². The smallest absolute Gasteiger partial charge is 0.125 e. The molecule has 0 atom stereocenters. The molecule has 3 rings (SSSR count). The number of hydrogen-bond donors (Lipinski definition) is 0. The van der Waals surface area contributed by atoms with Crippen LogP contribution < -0.4 is 0 Å². The first kappa shape index (κ1) is 12.5. The Hall–Kier alpha value is -1.52. The Balaban J connectivity index is 2.12. The van der Waals surface area contributed by atoms with Gasteiger partial charge < -0.3 is 4.57 Å². The van der Waals surface area contributed by atoms with Crippen LogP contribution >= 0.6 is 23.2 Å². The van der Waals surface area contributed by atoms with Crippen molar-refractivity contribution in [1.29, 1.82) is 0 Å². The van der Waals surface area contributed by atoms with Crippen LogP contribution in [0.3, 0.4) is 0 Å². The molecule has 0 N–H and O–H groups in total. The first-order valence-electron chi connectivity index (χ1n) is 5.85. The molecule has 0 amide bonds. The van der Waals surface area contributed by atoms with Crippen LogP contribution in [0.15, 0.2) is 30.6 Å². The van der Waals surface area contributed by atoms with Crippen molar-refractivity contribution in [2.24, 2.45) is 7.05 Å². The summed E-state index contributed by atoms with van der Waals surface area (Å²) in [5.41, 5.74) is 3.00. The number of halogens is 2. The standard InChI is InChI=1S/C13H12Cl2N4/c1-18-7-9(6-16-18)8-19-12-4-10(15)2-3-11(12)17-13(19)5-14/h2-4,6-7H,5,8H2,1H3. The fraction of sp³-hybridized carbons (Fsp3) is 0.231. The maximum atomic E-state index is 6.06. The average molecular weight is 295 g/mol. The lowest BCUT2D eigenvalue weighted by Gasteiger charge is -2.05. The second-order valence-electron chi connectivity index (χ2n) is 4.40. The van der Waals surface area contributed by atoms with E-state index in [2.05, 4.69) is 14.6 Å². The van der Waals surface area contributed by atoms with Gasteiger partial charge in [-0.1, -0.05) is 11.6 Å². The summed E-state index contributed by atoms with van der Waals surface area (Å²) in [5.74, 6) is 1.20. The van der Waals surface area contributed by atoms with E-state index < -0.39 is 0 Å². The molecule has 0 aliphatic rings. The highest BCUT2D eigenvalue weighted by atomic mass is 35.5. The van der Waals surface area contributed by atoms with E-state index in [1.54, 1.807) is 4.68 Å². The summed E-state index contributed by atoms with van der Waals surface area (Å²) in [6, 6.07) is 5.66. The van der Waals surface area contributed by atoms with Gasteiger partial charge in [0.15, 0.2) is 0 Å². The maximum Gasteiger partial charge on any atom is 0.125 e. The largest absolute Gasteiger partial charge is 0.322 e. The Morgan fingerprint density at radius 3 is 2.84 bits per heavy atom. The Bertz CT molecular complexity index is 729. The maximum absolute atomic E-state index is 6.06. The summed E-state index contributed by atoms with van der Waals surface area (Å²) in [6.45, 7) is 0.687. The van der Waals surface area contributed by atoms with Crippen molar-refractivity contribution in [1.82, 2.24) is 19.3 Å². The Kier molecular flexibility index (Phi) is 3.21. The van der Waals surface area contributed by atoms with Gasteiger partial charge in [0.25, 0.3) is 0 Å². The van der Waals surface area contributed by atoms with E-state index in [0.717, 1.165) is 22.4 Å². The molecular weight excluding hydrogens is 283 g/mol. The summed E-state index contributed by atoms with van der Waals surface area (Å²) in [5, 5.41) is 4.87. The zero-order valence-electron chi connectivity index (χ0n) is 10.3. The summed E-state index contributed by atoms with van der Waals surface area (Å²) in [4.78, 5) is 4.52. The van der Waals surface area contributed by atoms with Crippen molar-refractivity contribution >= 4 is 34.2 Å². The minimum Gasteiger partial charge on any atom is -0.322 e. The topological polar surface area (TPSA) is 35.6 Å². The molecule has 1 aromatic carbocycles. The summed E-state index contributed by atoms with van der Waals surface area (Å²) >= 11 is 12.0. The van der Waals surface area contributed by atoms with E-state index in [9.17, 15) is 0 Å². The van der Waals surface area contributed by atoms with Gasteiger partial charge in [0.05, 0.1) is 29.7 Å². The zero-order chi connectivity index (χ0) is 13.4. The predicted molar refractivity (Wildman–Crippen MR) is 76.6 cm³/mol. The molecule has 2 aromatic heterocycles. The van der Waals surface area contributed by atoms with Crippen LogP contribution in [0.4, 0.5) is 0 Å². The molecule has 19 heavy (non-hydrogen) atoms. The SMILES string of the molecule is Cn1cc(Cn2c(CCl)nc3ccc(Cl)cc32)cn1. The molecule has 0 saturated carbocycles. The van der Waals surface area contributed by atoms with Gasteiger partial charge in [0.2, 0.25) is 0 Å². The third kappa shape index (κ3) is 2.33. The Labute approximate surface area is 120 Å². The van der Waals surface area contributed by atoms with E-state index in [4.69, 9.17) is 23.2 Å². The Morgan fingerprint density at radius 1 is 1.32 bits per heavy atom. The van der Waals surface area contributed by atoms with Crippen molar-refractivity contribution in [3.8, 4) is 0 Å². The summed E-state index contributed by atoms with van der Waals surface area (Å²) < 4.78 is 3.85. The van der Waals surface area contributed by atoms with Gasteiger partial charge in [-0.25, -0.2) is 4.98 Å². The van der Waals surface area contributed by atoms with Gasteiger partial charge in [-0.3, -0.25) is 4.68 Å². The van der Waals surface area contributed by atoms with Crippen LogP contribution in [-0.2, 0) is 19.5 Å². The highest BCUT2D eigenvalue weighted by Crippen LogP contribution is 2.22. The van der Waals surface area contributed by atoms with Gasteiger partial charge >= 0.3 is 0 Å². The van der Waals surface area contributed by atoms with E-state index in [-0.39, 0.29) is 0 Å². The van der Waals surface area contributed by atoms with E-state index in [0.29, 0.717) is 17.4 Å². The van der Waals surface area contributed by atoms with Gasteiger partial charge in [0.1, 0.15) is 5.82 Å². The van der Waals surface area contributed by atoms with Gasteiger partial charge in [-0.2, -0.15) is 5.10 Å². The number of benzene rings is 1. The Morgan fingerprint density at radius 2 is 2.16 bits per heavy atom. The van der Waals surface area contributed by atoms with Crippen molar-refractivity contribution in [2.45, 2.75) is 12.4 Å². The molecule has 0 saturated heterocycles. The fourth-order valence-corrected chi connectivity index (χ4v) is 2.53. The van der Waals surface area contributed by atoms with Gasteiger partial charge in [0, 0.05) is 23.8 Å². The highest BCUT2D eigenvalue weighted by molar-refractivity contribution is 6.31. The number of aryl methyl sites for hydroxylation is 1. The monoisotopic (exact) mass is 294 g/mol. The fourth-order valence-electron chi connectivity index (χ4n) is 2.16. The third-order valence-corrected chi connectivity index (χ3v) is 3.48. The number of nitrogens with zero attached hydrogens (tertiary/aromatic N) is 4. The lowest BCUT2D eigenvalue weighted by atomic mass is 10.3. The van der Waals surface area contributed by atoms with E-state index in [1.165, 1.54) is 0 Å². The molecular formula is C13H12Cl2N4. The molecule has 0 fully saturated rings. The van der Waals surface area contributed by atoms with Crippen LogP contribution in [0, 0.1) is 0 Å². The van der Waals surface area contributed by atoms with Gasteiger partial charge in [-0.05, 0) is 18.2 Å². The van der Waals surface area contributed by atoms with Crippen molar-refractivity contribution < 1.29 is 0 Å². The number of aromatic nitrogens is 4. The quantitative estimate of drug-likeness (QED) is 0.696. The van der Waals surface area contributed by atoms with Crippen LogP contribution in [0.25, 0.3) is 11.0 Å². The third-order valence-electron chi connectivity index (χ3n) is 3.01. The minimum atomic E-state index is 0.368. The molecule has 98 valence electrons. The number of fused-ring (bicyclic) bond motifs is 1. The lowest BCUT2D eigenvalue weighted by molar-refractivity contribution is 0.759. The molecule has 0 aliphatic carbocycles. The number of imidazole rings is 1.